The summed E-state index contributed by atoms with van der Waals surface area (Å²) in [5, 5.41) is 5.05. The highest BCUT2D eigenvalue weighted by Gasteiger charge is 2.52. The number of nitrogens with zero attached hydrogens (tertiary/aromatic N) is 2. The van der Waals surface area contributed by atoms with Crippen molar-refractivity contribution in [2.75, 3.05) is 0 Å². The Morgan fingerprint density at radius 2 is 0.565 bits per heavy atom. The molecule has 0 aliphatic heterocycles. The van der Waals surface area contributed by atoms with E-state index in [1.54, 1.807) is 0 Å². The van der Waals surface area contributed by atoms with Gasteiger partial charge in [0.05, 0.1) is 27.5 Å². The Bertz CT molecular complexity index is 3920. The zero-order chi connectivity index (χ0) is 45.2. The summed E-state index contributed by atoms with van der Waals surface area (Å²) >= 11 is 0. The van der Waals surface area contributed by atoms with Gasteiger partial charge in [-0.3, -0.25) is 0 Å². The second-order valence-corrected chi connectivity index (χ2v) is 18.8. The van der Waals surface area contributed by atoms with Crippen molar-refractivity contribution in [3.63, 3.8) is 0 Å². The lowest BCUT2D eigenvalue weighted by Gasteiger charge is -2.30. The van der Waals surface area contributed by atoms with Gasteiger partial charge in [-0.1, -0.05) is 182 Å². The standard InChI is InChI=1S/C67H42N2/c1-3-17-43(18-4-1)46-37-47(44-19-5-2-6-20-44)39-48(38-46)45-31-34-60-56(40-45)51-21-7-12-26-59(51)67(60)61-35-32-49(68-63-27-13-8-22-52(63)53-23-9-14-28-64(53)68)41-57(61)58-42-50(33-36-62(58)67)69-65-29-15-10-24-54(65)55-25-11-16-30-66(55)69/h1-42H. The van der Waals surface area contributed by atoms with Crippen molar-refractivity contribution in [2.24, 2.45) is 0 Å². The van der Waals surface area contributed by atoms with Gasteiger partial charge in [-0.15, -0.1) is 0 Å². The molecule has 0 N–H and O–H groups in total. The van der Waals surface area contributed by atoms with Crippen molar-refractivity contribution >= 4 is 43.6 Å². The Kier molecular flexibility index (Phi) is 8.02. The molecule has 320 valence electrons. The zero-order valence-corrected chi connectivity index (χ0v) is 37.6. The third kappa shape index (κ3) is 5.37. The highest BCUT2D eigenvalue weighted by atomic mass is 15.0. The molecule has 2 nitrogen and oxygen atoms in total. The summed E-state index contributed by atoms with van der Waals surface area (Å²) in [6.07, 6.45) is 0. The minimum atomic E-state index is -0.533. The second kappa shape index (κ2) is 14.5. The van der Waals surface area contributed by atoms with Gasteiger partial charge in [0.25, 0.3) is 0 Å². The van der Waals surface area contributed by atoms with Crippen LogP contribution in [0.5, 0.6) is 0 Å². The summed E-state index contributed by atoms with van der Waals surface area (Å²) in [5.41, 5.74) is 24.3. The number of para-hydroxylation sites is 4. The zero-order valence-electron chi connectivity index (χ0n) is 37.6. The third-order valence-corrected chi connectivity index (χ3v) is 15.3. The van der Waals surface area contributed by atoms with Crippen LogP contribution < -0.4 is 0 Å². The quantitative estimate of drug-likeness (QED) is 0.163. The number of hydrogen-bond acceptors (Lipinski definition) is 0. The molecule has 13 aromatic rings. The van der Waals surface area contributed by atoms with E-state index in [1.165, 1.54) is 122 Å². The summed E-state index contributed by atoms with van der Waals surface area (Å²) in [6, 6.07) is 95.0. The SMILES string of the molecule is c1ccc(-c2cc(-c3ccccc3)cc(-c3ccc4c(c3)-c3ccccc3C43c4ccc(-n5c6ccccc6c6ccccc65)cc4-c4cc(-n5c6ccccc6c6ccccc65)ccc43)c2)cc1. The van der Waals surface area contributed by atoms with E-state index in [0.717, 1.165) is 11.4 Å². The number of fused-ring (bicyclic) bond motifs is 16. The summed E-state index contributed by atoms with van der Waals surface area (Å²) in [4.78, 5) is 0. The fraction of sp³-hybridized carbons (Fsp3) is 0.0149. The van der Waals surface area contributed by atoms with Gasteiger partial charge in [-0.05, 0) is 151 Å². The number of hydrogen-bond donors (Lipinski definition) is 0. The fourth-order valence-corrected chi connectivity index (χ4v) is 12.4. The van der Waals surface area contributed by atoms with E-state index in [-0.39, 0.29) is 0 Å². The monoisotopic (exact) mass is 874 g/mol. The van der Waals surface area contributed by atoms with E-state index < -0.39 is 5.41 Å². The molecule has 0 bridgehead atoms. The van der Waals surface area contributed by atoms with Crippen LogP contribution in [0, 0.1) is 0 Å². The van der Waals surface area contributed by atoms with E-state index in [0.29, 0.717) is 0 Å². The first-order valence-corrected chi connectivity index (χ1v) is 24.0. The third-order valence-electron chi connectivity index (χ3n) is 15.3. The van der Waals surface area contributed by atoms with E-state index in [2.05, 4.69) is 264 Å². The van der Waals surface area contributed by atoms with Gasteiger partial charge in [-0.2, -0.15) is 0 Å². The molecule has 0 saturated heterocycles. The smallest absolute Gasteiger partial charge is 0.0725 e. The molecule has 69 heavy (non-hydrogen) atoms. The van der Waals surface area contributed by atoms with Gasteiger partial charge in [-0.25, -0.2) is 0 Å². The predicted octanol–water partition coefficient (Wildman–Crippen LogP) is 17.2. The van der Waals surface area contributed by atoms with Crippen LogP contribution in [-0.4, -0.2) is 9.13 Å². The maximum atomic E-state index is 2.48. The molecule has 0 radical (unpaired) electrons. The van der Waals surface area contributed by atoms with E-state index in [1.807, 2.05) is 0 Å². The highest BCUT2D eigenvalue weighted by molar-refractivity contribution is 6.11. The van der Waals surface area contributed by atoms with Crippen molar-refractivity contribution in [3.8, 4) is 67.0 Å². The molecule has 2 aliphatic carbocycles. The summed E-state index contributed by atoms with van der Waals surface area (Å²) < 4.78 is 4.92. The normalized spacial score (nSPS) is 13.0. The molecule has 0 saturated carbocycles. The summed E-state index contributed by atoms with van der Waals surface area (Å²) in [7, 11) is 0. The van der Waals surface area contributed by atoms with Crippen LogP contribution in [0.15, 0.2) is 255 Å². The molecule has 0 unspecified atom stereocenters. The molecule has 0 amide bonds. The van der Waals surface area contributed by atoms with E-state index in [9.17, 15) is 0 Å². The van der Waals surface area contributed by atoms with Gasteiger partial charge in [0.15, 0.2) is 0 Å². The van der Waals surface area contributed by atoms with Gasteiger partial charge in [0.1, 0.15) is 0 Å². The molecule has 11 aromatic carbocycles. The lowest BCUT2D eigenvalue weighted by molar-refractivity contribution is 0.793. The van der Waals surface area contributed by atoms with Gasteiger partial charge in [0.2, 0.25) is 0 Å². The van der Waals surface area contributed by atoms with Crippen LogP contribution in [0.2, 0.25) is 0 Å². The van der Waals surface area contributed by atoms with Crippen LogP contribution in [0.25, 0.3) is 111 Å². The Morgan fingerprint density at radius 1 is 0.217 bits per heavy atom. The van der Waals surface area contributed by atoms with Gasteiger partial charge >= 0.3 is 0 Å². The molecule has 0 fully saturated rings. The average molecular weight is 875 g/mol. The summed E-state index contributed by atoms with van der Waals surface area (Å²) in [5.74, 6) is 0. The maximum Gasteiger partial charge on any atom is 0.0725 e. The Hall–Kier alpha value is -8.98. The second-order valence-electron chi connectivity index (χ2n) is 18.8. The maximum absolute atomic E-state index is 2.48. The molecule has 0 atom stereocenters. The first-order valence-electron chi connectivity index (χ1n) is 24.0. The molecule has 2 heteroatoms. The first kappa shape index (κ1) is 38.2. The van der Waals surface area contributed by atoms with Crippen molar-refractivity contribution in [2.45, 2.75) is 5.41 Å². The fourth-order valence-electron chi connectivity index (χ4n) is 12.4. The number of rotatable bonds is 5. The van der Waals surface area contributed by atoms with Crippen molar-refractivity contribution in [3.05, 3.63) is 277 Å². The number of aromatic nitrogens is 2. The van der Waals surface area contributed by atoms with Gasteiger partial charge < -0.3 is 9.13 Å². The Labute approximate surface area is 400 Å². The van der Waals surface area contributed by atoms with Crippen LogP contribution in [0.1, 0.15) is 22.3 Å². The van der Waals surface area contributed by atoms with Crippen LogP contribution >= 0.6 is 0 Å². The molecule has 15 rings (SSSR count). The minimum Gasteiger partial charge on any atom is -0.309 e. The van der Waals surface area contributed by atoms with Crippen LogP contribution in [0.4, 0.5) is 0 Å². The minimum absolute atomic E-state index is 0.533. The molecular formula is C67H42N2. The van der Waals surface area contributed by atoms with Crippen molar-refractivity contribution in [1.82, 2.24) is 9.13 Å². The van der Waals surface area contributed by atoms with Gasteiger partial charge in [0, 0.05) is 32.9 Å². The molecular weight excluding hydrogens is 833 g/mol. The highest BCUT2D eigenvalue weighted by Crippen LogP contribution is 2.63. The first-order chi connectivity index (χ1) is 34.2. The lowest BCUT2D eigenvalue weighted by atomic mass is 9.70. The van der Waals surface area contributed by atoms with Crippen LogP contribution in [-0.2, 0) is 5.41 Å². The topological polar surface area (TPSA) is 9.86 Å². The number of benzene rings is 11. The van der Waals surface area contributed by atoms with Crippen LogP contribution in [0.3, 0.4) is 0 Å². The molecule has 1 spiro atoms. The lowest BCUT2D eigenvalue weighted by Crippen LogP contribution is -2.25. The average Bonchev–Trinajstić information content (AvgIpc) is 4.13. The molecule has 2 aromatic heterocycles. The van der Waals surface area contributed by atoms with E-state index in [4.69, 9.17) is 0 Å². The van der Waals surface area contributed by atoms with E-state index >= 15 is 0 Å². The van der Waals surface area contributed by atoms with Crippen molar-refractivity contribution < 1.29 is 0 Å². The summed E-state index contributed by atoms with van der Waals surface area (Å²) in [6.45, 7) is 0. The van der Waals surface area contributed by atoms with Crippen molar-refractivity contribution in [1.29, 1.82) is 0 Å². The Balaban J connectivity index is 0.990. The predicted molar refractivity (Wildman–Crippen MR) is 288 cm³/mol. The Morgan fingerprint density at radius 3 is 1.03 bits per heavy atom. The molecule has 2 heterocycles. The largest absolute Gasteiger partial charge is 0.309 e. The molecule has 2 aliphatic rings.